The second kappa shape index (κ2) is 11.9. The number of anilines is 1. The molecule has 0 aliphatic carbocycles. The molecule has 9 nitrogen and oxygen atoms in total. The van der Waals surface area contributed by atoms with E-state index >= 15 is 0 Å². The number of hydrogen-bond donors (Lipinski definition) is 1. The lowest BCUT2D eigenvalue weighted by Gasteiger charge is -2.33. The van der Waals surface area contributed by atoms with E-state index in [1.54, 1.807) is 24.3 Å². The molecule has 0 bridgehead atoms. The van der Waals surface area contributed by atoms with Gasteiger partial charge in [-0.2, -0.15) is 9.37 Å². The molecule has 0 radical (unpaired) electrons. The van der Waals surface area contributed by atoms with Gasteiger partial charge in [0.15, 0.2) is 29.4 Å². The average molecular weight is 502 g/mol. The van der Waals surface area contributed by atoms with E-state index in [0.717, 1.165) is 31.5 Å². The van der Waals surface area contributed by atoms with Crippen LogP contribution in [0.2, 0.25) is 0 Å². The zero-order chi connectivity index (χ0) is 25.5. The van der Waals surface area contributed by atoms with E-state index in [4.69, 9.17) is 23.6 Å². The molecule has 1 saturated heterocycles. The molecule has 1 aromatic heterocycles. The van der Waals surface area contributed by atoms with Crippen LogP contribution in [0, 0.1) is 5.82 Å². The van der Waals surface area contributed by atoms with Gasteiger partial charge in [0.05, 0.1) is 20.3 Å². The Kier molecular flexibility index (Phi) is 8.48. The summed E-state index contributed by atoms with van der Waals surface area (Å²) in [5.41, 5.74) is 1.86. The highest BCUT2D eigenvalue weighted by Gasteiger charge is 2.27. The topological polar surface area (TPSA) is 95.3 Å². The molecule has 1 aliphatic heterocycles. The van der Waals surface area contributed by atoms with Crippen LogP contribution in [0.25, 0.3) is 11.1 Å². The summed E-state index contributed by atoms with van der Waals surface area (Å²) in [5.74, 6) is -0.291. The number of methoxy groups -OCH3 is 1. The summed E-state index contributed by atoms with van der Waals surface area (Å²) < 4.78 is 42.4. The van der Waals surface area contributed by atoms with Crippen LogP contribution in [0.4, 0.5) is 10.4 Å². The fraction of sp³-hybridized carbons (Fsp3) is 0.462. The Bertz CT molecular complexity index is 1150. The van der Waals surface area contributed by atoms with Crippen LogP contribution in [0.3, 0.4) is 0 Å². The number of nitrogens with one attached hydrogen (secondary N) is 1. The number of piperidine rings is 1. The number of oxazole rings is 1. The second-order valence-corrected chi connectivity index (χ2v) is 8.35. The van der Waals surface area contributed by atoms with Crippen molar-refractivity contribution in [2.24, 2.45) is 0 Å². The number of carbonyl (C=O) groups is 1. The minimum atomic E-state index is -0.509. The lowest BCUT2D eigenvalue weighted by molar-refractivity contribution is -0.142. The maximum Gasteiger partial charge on any atom is 0.343 e. The Morgan fingerprint density at radius 2 is 1.81 bits per heavy atom. The fourth-order valence-electron chi connectivity index (χ4n) is 4.25. The SMILES string of the molecule is CCOc1cc(CN(c2nc3cccc(OCC(=O)OC)c3o2)C2CCNCC2)cc(OCC)c1F. The predicted octanol–water partition coefficient (Wildman–Crippen LogP) is 4.07. The number of para-hydroxylation sites is 1. The molecule has 1 aliphatic rings. The number of ether oxygens (including phenoxy) is 4. The van der Waals surface area contributed by atoms with E-state index in [1.807, 2.05) is 19.9 Å². The fourth-order valence-corrected chi connectivity index (χ4v) is 4.25. The molecule has 3 aromatic rings. The van der Waals surface area contributed by atoms with Crippen molar-refractivity contribution in [2.75, 3.05) is 44.9 Å². The second-order valence-electron chi connectivity index (χ2n) is 8.35. The molecule has 1 N–H and O–H groups in total. The minimum Gasteiger partial charge on any atom is -0.491 e. The lowest BCUT2D eigenvalue weighted by Crippen LogP contribution is -2.43. The summed E-state index contributed by atoms with van der Waals surface area (Å²) in [7, 11) is 1.30. The van der Waals surface area contributed by atoms with Gasteiger partial charge in [0.2, 0.25) is 5.82 Å². The van der Waals surface area contributed by atoms with Gasteiger partial charge < -0.3 is 33.6 Å². The standard InChI is InChI=1S/C26H32FN3O6/c1-4-33-21-13-17(14-22(24(21)27)34-5-2)15-30(18-9-11-28-12-10-18)26-29-19-7-6-8-20(25(19)36-26)35-16-23(31)32-3/h6-8,13-14,18,28H,4-5,9-12,15-16H2,1-3H3. The Hall–Kier alpha value is -3.53. The van der Waals surface area contributed by atoms with Gasteiger partial charge in [0, 0.05) is 12.6 Å². The summed E-state index contributed by atoms with van der Waals surface area (Å²) in [5, 5.41) is 3.38. The maximum atomic E-state index is 14.8. The van der Waals surface area contributed by atoms with Crippen LogP contribution in [0.5, 0.6) is 17.2 Å². The largest absolute Gasteiger partial charge is 0.491 e. The number of fused-ring (bicyclic) bond motifs is 1. The van der Waals surface area contributed by atoms with Gasteiger partial charge in [-0.3, -0.25) is 0 Å². The molecule has 0 spiro atoms. The van der Waals surface area contributed by atoms with Gasteiger partial charge in [-0.1, -0.05) is 6.07 Å². The quantitative estimate of drug-likeness (QED) is 0.390. The number of benzene rings is 2. The van der Waals surface area contributed by atoms with Crippen molar-refractivity contribution in [1.82, 2.24) is 10.3 Å². The minimum absolute atomic E-state index is 0.148. The van der Waals surface area contributed by atoms with Crippen molar-refractivity contribution in [3.05, 3.63) is 41.7 Å². The normalized spacial score (nSPS) is 14.0. The highest BCUT2D eigenvalue weighted by Crippen LogP contribution is 2.35. The predicted molar refractivity (Wildman–Crippen MR) is 132 cm³/mol. The summed E-state index contributed by atoms with van der Waals surface area (Å²) in [4.78, 5) is 18.4. The highest BCUT2D eigenvalue weighted by atomic mass is 19.1. The van der Waals surface area contributed by atoms with E-state index in [0.29, 0.717) is 42.6 Å². The van der Waals surface area contributed by atoms with Gasteiger partial charge in [-0.05, 0) is 69.6 Å². The first-order valence-electron chi connectivity index (χ1n) is 12.2. The number of nitrogens with zero attached hydrogens (tertiary/aromatic N) is 2. The number of carbonyl (C=O) groups excluding carboxylic acids is 1. The third kappa shape index (κ3) is 5.81. The molecule has 0 atom stereocenters. The van der Waals surface area contributed by atoms with Gasteiger partial charge in [-0.25, -0.2) is 4.79 Å². The summed E-state index contributed by atoms with van der Waals surface area (Å²) >= 11 is 0. The van der Waals surface area contributed by atoms with Crippen molar-refractivity contribution in [3.8, 4) is 17.2 Å². The number of esters is 1. The van der Waals surface area contributed by atoms with Crippen LogP contribution in [-0.2, 0) is 16.1 Å². The molecule has 0 amide bonds. The smallest absolute Gasteiger partial charge is 0.343 e. The van der Waals surface area contributed by atoms with Gasteiger partial charge in [0.1, 0.15) is 5.52 Å². The molecule has 2 aromatic carbocycles. The van der Waals surface area contributed by atoms with Crippen molar-refractivity contribution in [2.45, 2.75) is 39.3 Å². The zero-order valence-electron chi connectivity index (χ0n) is 20.8. The Balaban J connectivity index is 1.70. The maximum absolute atomic E-state index is 14.8. The third-order valence-corrected chi connectivity index (χ3v) is 5.95. The first kappa shape index (κ1) is 25.6. The van der Waals surface area contributed by atoms with Crippen molar-refractivity contribution in [3.63, 3.8) is 0 Å². The highest BCUT2D eigenvalue weighted by molar-refractivity contribution is 5.81. The summed E-state index contributed by atoms with van der Waals surface area (Å²) in [6, 6.07) is 9.30. The van der Waals surface area contributed by atoms with Gasteiger partial charge in [-0.15, -0.1) is 0 Å². The number of hydrogen-bond acceptors (Lipinski definition) is 9. The van der Waals surface area contributed by atoms with E-state index in [2.05, 4.69) is 15.0 Å². The molecular weight excluding hydrogens is 469 g/mol. The summed E-state index contributed by atoms with van der Waals surface area (Å²) in [6.07, 6.45) is 1.78. The molecule has 4 rings (SSSR count). The first-order chi connectivity index (χ1) is 17.5. The molecule has 0 unspecified atom stereocenters. The molecule has 36 heavy (non-hydrogen) atoms. The van der Waals surface area contributed by atoms with E-state index in [9.17, 15) is 9.18 Å². The number of halogens is 1. The zero-order valence-corrected chi connectivity index (χ0v) is 20.8. The molecule has 2 heterocycles. The number of rotatable bonds is 11. The van der Waals surface area contributed by atoms with Gasteiger partial charge in [0.25, 0.3) is 6.01 Å². The van der Waals surface area contributed by atoms with Crippen LogP contribution in [0.1, 0.15) is 32.3 Å². The third-order valence-electron chi connectivity index (χ3n) is 5.95. The monoisotopic (exact) mass is 501 g/mol. The van der Waals surface area contributed by atoms with Crippen LogP contribution < -0.4 is 24.4 Å². The molecular formula is C26H32FN3O6. The first-order valence-corrected chi connectivity index (χ1v) is 12.2. The average Bonchev–Trinajstić information content (AvgIpc) is 3.33. The molecule has 10 heteroatoms. The van der Waals surface area contributed by atoms with E-state index in [1.165, 1.54) is 7.11 Å². The Morgan fingerprint density at radius 3 is 2.44 bits per heavy atom. The van der Waals surface area contributed by atoms with Crippen molar-refractivity contribution >= 4 is 23.1 Å². The van der Waals surface area contributed by atoms with Gasteiger partial charge >= 0.3 is 5.97 Å². The van der Waals surface area contributed by atoms with E-state index in [-0.39, 0.29) is 24.1 Å². The van der Waals surface area contributed by atoms with Crippen LogP contribution >= 0.6 is 0 Å². The van der Waals surface area contributed by atoms with Crippen molar-refractivity contribution in [1.29, 1.82) is 0 Å². The molecule has 1 fully saturated rings. The number of aromatic nitrogens is 1. The lowest BCUT2D eigenvalue weighted by atomic mass is 10.0. The molecule has 0 saturated carbocycles. The van der Waals surface area contributed by atoms with Crippen LogP contribution in [-0.4, -0.2) is 57.0 Å². The Morgan fingerprint density at radius 1 is 1.11 bits per heavy atom. The van der Waals surface area contributed by atoms with E-state index < -0.39 is 11.8 Å². The van der Waals surface area contributed by atoms with Crippen LogP contribution in [0.15, 0.2) is 34.7 Å². The summed E-state index contributed by atoms with van der Waals surface area (Å²) in [6.45, 7) is 6.21. The Labute approximate surface area is 209 Å². The van der Waals surface area contributed by atoms with Crippen molar-refractivity contribution < 1.29 is 32.5 Å². The molecule has 194 valence electrons.